The number of benzene rings is 2. The number of esters is 1. The topological polar surface area (TPSA) is 64.6 Å². The maximum absolute atomic E-state index is 12.7. The predicted octanol–water partition coefficient (Wildman–Crippen LogP) is 7.00. The van der Waals surface area contributed by atoms with Gasteiger partial charge >= 0.3 is 5.97 Å². The van der Waals surface area contributed by atoms with Gasteiger partial charge in [-0.2, -0.15) is 0 Å². The molecule has 5 nitrogen and oxygen atoms in total. The molecule has 0 aliphatic heterocycles. The van der Waals surface area contributed by atoms with E-state index >= 15 is 0 Å². The Morgan fingerprint density at radius 2 is 1.77 bits per heavy atom. The van der Waals surface area contributed by atoms with Gasteiger partial charge in [-0.05, 0) is 72.4 Å². The second kappa shape index (κ2) is 11.5. The average Bonchev–Trinajstić information content (AvgIpc) is 3.29. The summed E-state index contributed by atoms with van der Waals surface area (Å²) >= 11 is 1.36. The van der Waals surface area contributed by atoms with Crippen molar-refractivity contribution >= 4 is 28.2 Å². The molecule has 3 aromatic rings. The van der Waals surface area contributed by atoms with Crippen LogP contribution in [0.25, 0.3) is 11.1 Å². The Morgan fingerprint density at radius 3 is 2.49 bits per heavy atom. The molecule has 2 aromatic carbocycles. The van der Waals surface area contributed by atoms with Crippen molar-refractivity contribution < 1.29 is 19.1 Å². The SMILES string of the molecule is COC(=O)c1c(-c2ccc3c(c2)CCCC3)csc1NC(=O)CCCOc1ccc(C(C)C)cc1. The predicted molar refractivity (Wildman–Crippen MR) is 142 cm³/mol. The molecule has 0 unspecified atom stereocenters. The van der Waals surface area contributed by atoms with Gasteiger partial charge in [-0.1, -0.05) is 44.2 Å². The van der Waals surface area contributed by atoms with Gasteiger partial charge in [-0.25, -0.2) is 4.79 Å². The molecule has 35 heavy (non-hydrogen) atoms. The zero-order valence-corrected chi connectivity index (χ0v) is 21.5. The number of ether oxygens (including phenoxy) is 2. The Kier molecular flexibility index (Phi) is 8.24. The number of rotatable bonds is 9. The van der Waals surface area contributed by atoms with Crippen LogP contribution >= 0.6 is 11.3 Å². The molecule has 1 N–H and O–H groups in total. The van der Waals surface area contributed by atoms with Gasteiger partial charge in [0.15, 0.2) is 0 Å². The van der Waals surface area contributed by atoms with E-state index in [1.165, 1.54) is 48.0 Å². The number of methoxy groups -OCH3 is 1. The summed E-state index contributed by atoms with van der Waals surface area (Å²) < 4.78 is 10.8. The summed E-state index contributed by atoms with van der Waals surface area (Å²) in [4.78, 5) is 25.3. The molecular weight excluding hydrogens is 458 g/mol. The lowest BCUT2D eigenvalue weighted by molar-refractivity contribution is -0.116. The number of aryl methyl sites for hydroxylation is 2. The van der Waals surface area contributed by atoms with Crippen molar-refractivity contribution in [3.63, 3.8) is 0 Å². The summed E-state index contributed by atoms with van der Waals surface area (Å²) in [7, 11) is 1.37. The summed E-state index contributed by atoms with van der Waals surface area (Å²) in [5.41, 5.74) is 6.21. The number of thiophene rings is 1. The second-order valence-electron chi connectivity index (χ2n) is 9.26. The second-order valence-corrected chi connectivity index (χ2v) is 10.1. The first-order chi connectivity index (χ1) is 17.0. The highest BCUT2D eigenvalue weighted by Crippen LogP contribution is 2.38. The van der Waals surface area contributed by atoms with E-state index in [1.807, 2.05) is 17.5 Å². The van der Waals surface area contributed by atoms with Crippen LogP contribution in [0.4, 0.5) is 5.00 Å². The maximum Gasteiger partial charge on any atom is 0.341 e. The van der Waals surface area contributed by atoms with Crippen LogP contribution < -0.4 is 10.1 Å². The third kappa shape index (κ3) is 6.12. The Bertz CT molecular complexity index is 1180. The first kappa shape index (κ1) is 25.0. The highest BCUT2D eigenvalue weighted by atomic mass is 32.1. The maximum atomic E-state index is 12.7. The third-order valence-electron chi connectivity index (χ3n) is 6.46. The Morgan fingerprint density at radius 1 is 1.03 bits per heavy atom. The molecule has 1 aliphatic carbocycles. The highest BCUT2D eigenvalue weighted by molar-refractivity contribution is 7.15. The van der Waals surface area contributed by atoms with Crippen molar-refractivity contribution in [2.75, 3.05) is 19.0 Å². The van der Waals surface area contributed by atoms with Crippen LogP contribution in [0, 0.1) is 0 Å². The quantitative estimate of drug-likeness (QED) is 0.258. The van der Waals surface area contributed by atoms with Crippen LogP contribution in [-0.4, -0.2) is 25.6 Å². The lowest BCUT2D eigenvalue weighted by atomic mass is 9.89. The Hall–Kier alpha value is -3.12. The number of nitrogens with one attached hydrogen (secondary N) is 1. The molecule has 1 aromatic heterocycles. The molecule has 6 heteroatoms. The van der Waals surface area contributed by atoms with E-state index in [9.17, 15) is 9.59 Å². The number of carbonyl (C=O) groups is 2. The number of amides is 1. The molecule has 0 saturated heterocycles. The summed E-state index contributed by atoms with van der Waals surface area (Å²) in [5.74, 6) is 0.693. The van der Waals surface area contributed by atoms with Gasteiger partial charge in [-0.15, -0.1) is 11.3 Å². The summed E-state index contributed by atoms with van der Waals surface area (Å²) in [6.45, 7) is 4.76. The summed E-state index contributed by atoms with van der Waals surface area (Å²) in [5, 5.41) is 5.37. The fourth-order valence-corrected chi connectivity index (χ4v) is 5.40. The normalized spacial score (nSPS) is 12.8. The van der Waals surface area contributed by atoms with Crippen molar-refractivity contribution in [3.05, 3.63) is 70.1 Å². The summed E-state index contributed by atoms with van der Waals surface area (Å²) in [6, 6.07) is 14.5. The average molecular weight is 492 g/mol. The molecule has 0 spiro atoms. The molecule has 1 aliphatic rings. The molecule has 0 radical (unpaired) electrons. The van der Waals surface area contributed by atoms with Crippen molar-refractivity contribution in [2.45, 2.75) is 58.3 Å². The van der Waals surface area contributed by atoms with Gasteiger partial charge in [-0.3, -0.25) is 4.79 Å². The number of carbonyl (C=O) groups excluding carboxylic acids is 2. The Balaban J connectivity index is 1.38. The van der Waals surface area contributed by atoms with Crippen molar-refractivity contribution in [1.29, 1.82) is 0 Å². The molecule has 0 fully saturated rings. The monoisotopic (exact) mass is 491 g/mol. The van der Waals surface area contributed by atoms with E-state index in [0.717, 1.165) is 29.7 Å². The minimum Gasteiger partial charge on any atom is -0.494 e. The standard InChI is InChI=1S/C29H33NO4S/c1-19(2)20-12-14-24(15-13-20)34-16-6-9-26(31)30-28-27(29(32)33-3)25(18-35-28)23-11-10-21-7-4-5-8-22(21)17-23/h10-15,17-19H,4-9,16H2,1-3H3,(H,30,31). The highest BCUT2D eigenvalue weighted by Gasteiger charge is 2.23. The smallest absolute Gasteiger partial charge is 0.341 e. The van der Waals surface area contributed by atoms with E-state index in [4.69, 9.17) is 9.47 Å². The van der Waals surface area contributed by atoms with Gasteiger partial charge in [0.1, 0.15) is 16.3 Å². The number of fused-ring (bicyclic) bond motifs is 1. The molecule has 0 bridgehead atoms. The minimum atomic E-state index is -0.442. The zero-order valence-electron chi connectivity index (χ0n) is 20.7. The number of anilines is 1. The fraction of sp³-hybridized carbons (Fsp3) is 0.379. The number of hydrogen-bond acceptors (Lipinski definition) is 5. The van der Waals surface area contributed by atoms with Crippen LogP contribution in [0.2, 0.25) is 0 Å². The first-order valence-electron chi connectivity index (χ1n) is 12.3. The fourth-order valence-electron chi connectivity index (χ4n) is 4.43. The molecule has 1 amide bonds. The van der Waals surface area contributed by atoms with Crippen LogP contribution in [0.3, 0.4) is 0 Å². The third-order valence-corrected chi connectivity index (χ3v) is 7.35. The van der Waals surface area contributed by atoms with E-state index in [2.05, 4.69) is 49.5 Å². The summed E-state index contributed by atoms with van der Waals surface area (Å²) in [6.07, 6.45) is 5.47. The van der Waals surface area contributed by atoms with Crippen LogP contribution in [0.15, 0.2) is 47.8 Å². The molecule has 4 rings (SSSR count). The van der Waals surface area contributed by atoms with Crippen molar-refractivity contribution in [3.8, 4) is 16.9 Å². The van der Waals surface area contributed by atoms with Crippen LogP contribution in [-0.2, 0) is 22.4 Å². The molecular formula is C29H33NO4S. The van der Waals surface area contributed by atoms with Crippen molar-refractivity contribution in [1.82, 2.24) is 0 Å². The molecule has 1 heterocycles. The van der Waals surface area contributed by atoms with Gasteiger partial charge < -0.3 is 14.8 Å². The molecule has 0 atom stereocenters. The minimum absolute atomic E-state index is 0.146. The van der Waals surface area contributed by atoms with E-state index in [0.29, 0.717) is 35.9 Å². The van der Waals surface area contributed by atoms with E-state index in [1.54, 1.807) is 0 Å². The van der Waals surface area contributed by atoms with Crippen molar-refractivity contribution in [2.24, 2.45) is 0 Å². The Labute approximate surface area is 211 Å². The van der Waals surface area contributed by atoms with Gasteiger partial charge in [0, 0.05) is 17.4 Å². The van der Waals surface area contributed by atoms with Gasteiger partial charge in [0.2, 0.25) is 5.91 Å². The van der Waals surface area contributed by atoms with Crippen LogP contribution in [0.5, 0.6) is 5.75 Å². The zero-order chi connectivity index (χ0) is 24.8. The lowest BCUT2D eigenvalue weighted by Crippen LogP contribution is -2.15. The van der Waals surface area contributed by atoms with Crippen LogP contribution in [0.1, 0.15) is 72.5 Å². The lowest BCUT2D eigenvalue weighted by Gasteiger charge is -2.16. The molecule has 184 valence electrons. The van der Waals surface area contributed by atoms with E-state index in [-0.39, 0.29) is 5.91 Å². The molecule has 0 saturated carbocycles. The van der Waals surface area contributed by atoms with Gasteiger partial charge in [0.25, 0.3) is 0 Å². The van der Waals surface area contributed by atoms with Gasteiger partial charge in [0.05, 0.1) is 13.7 Å². The number of hydrogen-bond donors (Lipinski definition) is 1. The van der Waals surface area contributed by atoms with E-state index < -0.39 is 5.97 Å². The largest absolute Gasteiger partial charge is 0.494 e. The first-order valence-corrected chi connectivity index (χ1v) is 13.2.